The fourth-order valence-corrected chi connectivity index (χ4v) is 3.77. The van der Waals surface area contributed by atoms with Crippen LogP contribution in [0, 0.1) is 6.92 Å². The van der Waals surface area contributed by atoms with Crippen LogP contribution in [0.4, 0.5) is 0 Å². The van der Waals surface area contributed by atoms with E-state index in [1.54, 1.807) is 11.0 Å². The number of amides is 1. The Kier molecular flexibility index (Phi) is 6.83. The highest BCUT2D eigenvalue weighted by atomic mass is 16.5. The molecule has 1 amide bonds. The molecule has 1 heterocycles. The average Bonchev–Trinajstić information content (AvgIpc) is 2.85. The SMILES string of the molecule is CCN(Cc1ccc(OCc2ccccc2)cc1)C(=O)Cn1nc(C)c2ccccc2c1=O. The summed E-state index contributed by atoms with van der Waals surface area (Å²) in [5.41, 5.74) is 2.58. The van der Waals surface area contributed by atoms with E-state index in [1.807, 2.05) is 86.6 Å². The second-order valence-electron chi connectivity index (χ2n) is 7.92. The smallest absolute Gasteiger partial charge is 0.275 e. The van der Waals surface area contributed by atoms with Crippen molar-refractivity contribution in [1.82, 2.24) is 14.7 Å². The van der Waals surface area contributed by atoms with Crippen molar-refractivity contribution in [3.8, 4) is 5.75 Å². The molecule has 168 valence electrons. The Morgan fingerprint density at radius 3 is 2.27 bits per heavy atom. The molecular weight excluding hydrogens is 414 g/mol. The van der Waals surface area contributed by atoms with Crippen LogP contribution in [-0.2, 0) is 24.5 Å². The predicted molar refractivity (Wildman–Crippen MR) is 129 cm³/mol. The van der Waals surface area contributed by atoms with E-state index in [1.165, 1.54) is 4.68 Å². The molecule has 1 aromatic heterocycles. The average molecular weight is 442 g/mol. The molecule has 0 saturated heterocycles. The third kappa shape index (κ3) is 5.29. The molecule has 0 atom stereocenters. The van der Waals surface area contributed by atoms with Crippen molar-refractivity contribution < 1.29 is 9.53 Å². The minimum atomic E-state index is -0.250. The van der Waals surface area contributed by atoms with Crippen molar-refractivity contribution in [2.75, 3.05) is 6.54 Å². The van der Waals surface area contributed by atoms with Crippen LogP contribution in [0.2, 0.25) is 0 Å². The number of ether oxygens (including phenoxy) is 1. The minimum absolute atomic E-state index is 0.0867. The molecule has 0 aliphatic heterocycles. The number of nitrogens with zero attached hydrogens (tertiary/aromatic N) is 3. The molecular formula is C27H27N3O3. The summed E-state index contributed by atoms with van der Waals surface area (Å²) < 4.78 is 7.10. The third-order valence-electron chi connectivity index (χ3n) is 5.62. The van der Waals surface area contributed by atoms with Gasteiger partial charge in [-0.25, -0.2) is 4.68 Å². The highest BCUT2D eigenvalue weighted by Crippen LogP contribution is 2.16. The minimum Gasteiger partial charge on any atom is -0.489 e. The molecule has 0 N–H and O–H groups in total. The van der Waals surface area contributed by atoms with Crippen LogP contribution in [0.25, 0.3) is 10.8 Å². The maximum Gasteiger partial charge on any atom is 0.275 e. The van der Waals surface area contributed by atoms with Crippen LogP contribution in [0.15, 0.2) is 83.7 Å². The first-order valence-corrected chi connectivity index (χ1v) is 11.0. The lowest BCUT2D eigenvalue weighted by molar-refractivity contribution is -0.132. The Morgan fingerprint density at radius 2 is 1.58 bits per heavy atom. The number of rotatable bonds is 8. The van der Waals surface area contributed by atoms with Gasteiger partial charge in [-0.1, -0.05) is 60.7 Å². The fraction of sp³-hybridized carbons (Fsp3) is 0.222. The molecule has 0 spiro atoms. The standard InChI is InChI=1S/C27H27N3O3/c1-3-29(17-21-13-15-23(16-14-21)33-19-22-9-5-4-6-10-22)26(31)18-30-27(32)25-12-8-7-11-24(25)20(2)28-30/h4-16H,3,17-19H2,1-2H3. The van der Waals surface area contributed by atoms with Gasteiger partial charge in [-0.2, -0.15) is 5.10 Å². The molecule has 3 aromatic carbocycles. The molecule has 0 unspecified atom stereocenters. The second kappa shape index (κ2) is 10.1. The highest BCUT2D eigenvalue weighted by Gasteiger charge is 2.16. The molecule has 6 nitrogen and oxygen atoms in total. The van der Waals surface area contributed by atoms with E-state index in [-0.39, 0.29) is 18.0 Å². The first kappa shape index (κ1) is 22.3. The maximum absolute atomic E-state index is 13.0. The third-order valence-corrected chi connectivity index (χ3v) is 5.62. The van der Waals surface area contributed by atoms with Gasteiger partial charge in [0.05, 0.1) is 11.1 Å². The van der Waals surface area contributed by atoms with Crippen LogP contribution in [-0.4, -0.2) is 27.1 Å². The second-order valence-corrected chi connectivity index (χ2v) is 7.92. The van der Waals surface area contributed by atoms with Crippen molar-refractivity contribution >= 4 is 16.7 Å². The largest absolute Gasteiger partial charge is 0.489 e. The molecule has 0 bridgehead atoms. The summed E-state index contributed by atoms with van der Waals surface area (Å²) in [6.45, 7) is 5.18. The van der Waals surface area contributed by atoms with E-state index in [4.69, 9.17) is 4.74 Å². The number of fused-ring (bicyclic) bond motifs is 1. The fourth-order valence-electron chi connectivity index (χ4n) is 3.77. The van der Waals surface area contributed by atoms with Crippen molar-refractivity contribution in [2.24, 2.45) is 0 Å². The number of hydrogen-bond donors (Lipinski definition) is 0. The summed E-state index contributed by atoms with van der Waals surface area (Å²) in [4.78, 5) is 27.5. The Hall–Kier alpha value is -3.93. The lowest BCUT2D eigenvalue weighted by Crippen LogP contribution is -2.37. The summed E-state index contributed by atoms with van der Waals surface area (Å²) in [6, 6.07) is 25.1. The molecule has 0 aliphatic rings. The van der Waals surface area contributed by atoms with E-state index in [2.05, 4.69) is 5.10 Å². The Labute approximate surface area is 193 Å². The van der Waals surface area contributed by atoms with Gasteiger partial charge >= 0.3 is 0 Å². The number of aromatic nitrogens is 2. The molecule has 6 heteroatoms. The molecule has 33 heavy (non-hydrogen) atoms. The van der Waals surface area contributed by atoms with Crippen molar-refractivity contribution in [1.29, 1.82) is 0 Å². The van der Waals surface area contributed by atoms with Crippen molar-refractivity contribution in [3.63, 3.8) is 0 Å². The first-order valence-electron chi connectivity index (χ1n) is 11.0. The van der Waals surface area contributed by atoms with Gasteiger partial charge in [0.25, 0.3) is 5.56 Å². The maximum atomic E-state index is 13.0. The zero-order valence-electron chi connectivity index (χ0n) is 18.9. The normalized spacial score (nSPS) is 10.8. The topological polar surface area (TPSA) is 64.4 Å². The number of likely N-dealkylation sites (N-methyl/N-ethyl adjacent to an activating group) is 1. The van der Waals surface area contributed by atoms with Crippen LogP contribution in [0.1, 0.15) is 23.7 Å². The summed E-state index contributed by atoms with van der Waals surface area (Å²) in [6.07, 6.45) is 0. The lowest BCUT2D eigenvalue weighted by atomic mass is 10.1. The highest BCUT2D eigenvalue weighted by molar-refractivity contribution is 5.83. The van der Waals surface area contributed by atoms with Crippen molar-refractivity contribution in [2.45, 2.75) is 33.5 Å². The van der Waals surface area contributed by atoms with E-state index in [0.717, 1.165) is 28.0 Å². The molecule has 4 aromatic rings. The van der Waals surface area contributed by atoms with Gasteiger partial charge in [-0.15, -0.1) is 0 Å². The van der Waals surface area contributed by atoms with Crippen LogP contribution < -0.4 is 10.3 Å². The van der Waals surface area contributed by atoms with Crippen LogP contribution in [0.3, 0.4) is 0 Å². The predicted octanol–water partition coefficient (Wildman–Crippen LogP) is 4.33. The summed E-state index contributed by atoms with van der Waals surface area (Å²) in [5, 5.41) is 5.75. The zero-order chi connectivity index (χ0) is 23.2. The van der Waals surface area contributed by atoms with Gasteiger partial charge < -0.3 is 9.64 Å². The van der Waals surface area contributed by atoms with E-state index in [0.29, 0.717) is 25.1 Å². The Balaban J connectivity index is 1.41. The van der Waals surface area contributed by atoms with Crippen LogP contribution >= 0.6 is 0 Å². The van der Waals surface area contributed by atoms with Crippen LogP contribution in [0.5, 0.6) is 5.75 Å². The number of hydrogen-bond acceptors (Lipinski definition) is 4. The first-order chi connectivity index (χ1) is 16.0. The molecule has 0 fully saturated rings. The number of benzene rings is 3. The molecule has 0 aliphatic carbocycles. The van der Waals surface area contributed by atoms with E-state index < -0.39 is 0 Å². The van der Waals surface area contributed by atoms with Gasteiger partial charge in [0.1, 0.15) is 18.9 Å². The molecule has 4 rings (SSSR count). The van der Waals surface area contributed by atoms with Gasteiger partial charge in [0, 0.05) is 18.5 Å². The van der Waals surface area contributed by atoms with Gasteiger partial charge in [0.15, 0.2) is 0 Å². The summed E-state index contributed by atoms with van der Waals surface area (Å²) in [7, 11) is 0. The molecule has 0 saturated carbocycles. The summed E-state index contributed by atoms with van der Waals surface area (Å²) in [5.74, 6) is 0.630. The Morgan fingerprint density at radius 1 is 0.909 bits per heavy atom. The van der Waals surface area contributed by atoms with E-state index in [9.17, 15) is 9.59 Å². The number of carbonyl (C=O) groups is 1. The van der Waals surface area contributed by atoms with Gasteiger partial charge in [-0.05, 0) is 43.2 Å². The van der Waals surface area contributed by atoms with Gasteiger partial charge in [0.2, 0.25) is 5.91 Å². The quantitative estimate of drug-likeness (QED) is 0.408. The Bertz CT molecular complexity index is 1300. The van der Waals surface area contributed by atoms with Crippen molar-refractivity contribution in [3.05, 3.63) is 106 Å². The van der Waals surface area contributed by atoms with Gasteiger partial charge in [-0.3, -0.25) is 9.59 Å². The molecule has 0 radical (unpaired) electrons. The lowest BCUT2D eigenvalue weighted by Gasteiger charge is -2.21. The number of carbonyl (C=O) groups excluding carboxylic acids is 1. The van der Waals surface area contributed by atoms with E-state index >= 15 is 0 Å². The summed E-state index contributed by atoms with van der Waals surface area (Å²) >= 11 is 0. The number of aryl methyl sites for hydroxylation is 1. The monoisotopic (exact) mass is 441 g/mol. The zero-order valence-corrected chi connectivity index (χ0v) is 18.9.